The maximum Gasteiger partial charge on any atom is 0.150 e. The molecule has 1 aromatic carbocycles. The van der Waals surface area contributed by atoms with Gasteiger partial charge in [-0.1, -0.05) is 43.6 Å². The number of benzene rings is 1. The SMILES string of the molecule is CC(C)Cc1nn(-c2ccccc2)c(Cl)c1C#N. The van der Waals surface area contributed by atoms with Crippen LogP contribution in [0.25, 0.3) is 5.69 Å². The van der Waals surface area contributed by atoms with Gasteiger partial charge >= 0.3 is 0 Å². The van der Waals surface area contributed by atoms with Crippen LogP contribution >= 0.6 is 11.6 Å². The highest BCUT2D eigenvalue weighted by Crippen LogP contribution is 2.24. The Morgan fingerprint density at radius 3 is 2.56 bits per heavy atom. The Bertz CT molecular complexity index is 579. The van der Waals surface area contributed by atoms with E-state index in [2.05, 4.69) is 25.0 Å². The van der Waals surface area contributed by atoms with E-state index in [4.69, 9.17) is 11.6 Å². The third-order valence-electron chi connectivity index (χ3n) is 2.62. The van der Waals surface area contributed by atoms with E-state index in [1.165, 1.54) is 0 Å². The fourth-order valence-corrected chi connectivity index (χ4v) is 2.11. The lowest BCUT2D eigenvalue weighted by Gasteiger charge is -2.02. The second-order valence-corrected chi connectivity index (χ2v) is 4.93. The molecule has 4 heteroatoms. The van der Waals surface area contributed by atoms with Gasteiger partial charge in [0.15, 0.2) is 5.15 Å². The Balaban J connectivity index is 2.51. The van der Waals surface area contributed by atoms with Gasteiger partial charge in [-0.05, 0) is 24.5 Å². The van der Waals surface area contributed by atoms with Crippen LogP contribution in [0.2, 0.25) is 5.15 Å². The predicted octanol–water partition coefficient (Wildman–Crippen LogP) is 3.60. The summed E-state index contributed by atoms with van der Waals surface area (Å²) in [6, 6.07) is 11.7. The van der Waals surface area contributed by atoms with Gasteiger partial charge in [-0.15, -0.1) is 0 Å². The Labute approximate surface area is 112 Å². The van der Waals surface area contributed by atoms with E-state index in [1.807, 2.05) is 30.3 Å². The largest absolute Gasteiger partial charge is 0.221 e. The second kappa shape index (κ2) is 5.24. The number of aromatic nitrogens is 2. The van der Waals surface area contributed by atoms with Gasteiger partial charge in [0.05, 0.1) is 11.4 Å². The standard InChI is InChI=1S/C14H14ClN3/c1-10(2)8-13-12(9-16)14(15)18(17-13)11-6-4-3-5-7-11/h3-7,10H,8H2,1-2H3. The highest BCUT2D eigenvalue weighted by molar-refractivity contribution is 6.31. The van der Waals surface area contributed by atoms with Crippen molar-refractivity contribution < 1.29 is 0 Å². The monoisotopic (exact) mass is 259 g/mol. The van der Waals surface area contributed by atoms with Gasteiger partial charge in [0.2, 0.25) is 0 Å². The molecule has 1 aromatic heterocycles. The fraction of sp³-hybridized carbons (Fsp3) is 0.286. The predicted molar refractivity (Wildman–Crippen MR) is 71.8 cm³/mol. The van der Waals surface area contributed by atoms with Crippen molar-refractivity contribution in [2.24, 2.45) is 5.92 Å². The van der Waals surface area contributed by atoms with Crippen LogP contribution in [-0.4, -0.2) is 9.78 Å². The average molecular weight is 260 g/mol. The summed E-state index contributed by atoms with van der Waals surface area (Å²) in [6.45, 7) is 4.19. The van der Waals surface area contributed by atoms with Crippen LogP contribution in [0.15, 0.2) is 30.3 Å². The van der Waals surface area contributed by atoms with Gasteiger partial charge < -0.3 is 0 Å². The lowest BCUT2D eigenvalue weighted by atomic mass is 10.1. The molecule has 0 bridgehead atoms. The minimum Gasteiger partial charge on any atom is -0.221 e. The van der Waals surface area contributed by atoms with Crippen LogP contribution in [0.1, 0.15) is 25.1 Å². The van der Waals surface area contributed by atoms with Crippen molar-refractivity contribution in [2.45, 2.75) is 20.3 Å². The summed E-state index contributed by atoms with van der Waals surface area (Å²) in [5.74, 6) is 0.437. The van der Waals surface area contributed by atoms with E-state index in [0.717, 1.165) is 17.8 Å². The third-order valence-corrected chi connectivity index (χ3v) is 2.96. The number of halogens is 1. The van der Waals surface area contributed by atoms with Crippen LogP contribution in [0, 0.1) is 17.2 Å². The molecule has 2 aromatic rings. The molecule has 0 N–H and O–H groups in total. The van der Waals surface area contributed by atoms with Gasteiger partial charge in [-0.25, -0.2) is 4.68 Å². The van der Waals surface area contributed by atoms with Crippen molar-refractivity contribution in [1.82, 2.24) is 9.78 Å². The molecular formula is C14H14ClN3. The minimum atomic E-state index is 0.388. The van der Waals surface area contributed by atoms with E-state index in [-0.39, 0.29) is 0 Å². The topological polar surface area (TPSA) is 41.6 Å². The quantitative estimate of drug-likeness (QED) is 0.845. The van der Waals surface area contributed by atoms with Gasteiger partial charge in [0, 0.05) is 0 Å². The second-order valence-electron chi connectivity index (χ2n) is 4.57. The first-order chi connectivity index (χ1) is 8.63. The first-order valence-corrected chi connectivity index (χ1v) is 6.24. The van der Waals surface area contributed by atoms with Gasteiger partial charge in [0.25, 0.3) is 0 Å². The maximum absolute atomic E-state index is 9.18. The van der Waals surface area contributed by atoms with Crippen LogP contribution in [-0.2, 0) is 6.42 Å². The Morgan fingerprint density at radius 1 is 1.33 bits per heavy atom. The molecule has 1 heterocycles. The molecule has 0 unspecified atom stereocenters. The smallest absolute Gasteiger partial charge is 0.150 e. The zero-order chi connectivity index (χ0) is 13.1. The molecule has 0 saturated carbocycles. The zero-order valence-electron chi connectivity index (χ0n) is 10.4. The minimum absolute atomic E-state index is 0.388. The molecular weight excluding hydrogens is 246 g/mol. The van der Waals surface area contributed by atoms with Crippen molar-refractivity contribution in [3.05, 3.63) is 46.7 Å². The van der Waals surface area contributed by atoms with E-state index < -0.39 is 0 Å². The number of rotatable bonds is 3. The van der Waals surface area contributed by atoms with E-state index in [1.54, 1.807) is 4.68 Å². The van der Waals surface area contributed by atoms with Crippen LogP contribution in [0.4, 0.5) is 0 Å². The van der Waals surface area contributed by atoms with Crippen molar-refractivity contribution >= 4 is 11.6 Å². The molecule has 0 spiro atoms. The summed E-state index contributed by atoms with van der Waals surface area (Å²) in [4.78, 5) is 0. The first-order valence-electron chi connectivity index (χ1n) is 5.86. The lowest BCUT2D eigenvalue weighted by molar-refractivity contribution is 0.627. The Hall–Kier alpha value is -1.79. The van der Waals surface area contributed by atoms with Gasteiger partial charge in [0.1, 0.15) is 11.6 Å². The van der Waals surface area contributed by atoms with Crippen molar-refractivity contribution in [3.8, 4) is 11.8 Å². The third kappa shape index (κ3) is 2.39. The molecule has 0 atom stereocenters. The summed E-state index contributed by atoms with van der Waals surface area (Å²) in [6.07, 6.45) is 0.752. The number of hydrogen-bond acceptors (Lipinski definition) is 2. The van der Waals surface area contributed by atoms with Crippen LogP contribution < -0.4 is 0 Å². The van der Waals surface area contributed by atoms with Gasteiger partial charge in [-0.3, -0.25) is 0 Å². The molecule has 2 rings (SSSR count). The summed E-state index contributed by atoms with van der Waals surface area (Å²) < 4.78 is 1.62. The number of nitriles is 1. The zero-order valence-corrected chi connectivity index (χ0v) is 11.1. The molecule has 0 aliphatic carbocycles. The van der Waals surface area contributed by atoms with Crippen LogP contribution in [0.3, 0.4) is 0 Å². The number of hydrogen-bond donors (Lipinski definition) is 0. The maximum atomic E-state index is 9.18. The van der Waals surface area contributed by atoms with Gasteiger partial charge in [-0.2, -0.15) is 10.4 Å². The molecule has 0 amide bonds. The van der Waals surface area contributed by atoms with E-state index in [0.29, 0.717) is 16.6 Å². The van der Waals surface area contributed by atoms with Crippen molar-refractivity contribution in [2.75, 3.05) is 0 Å². The highest BCUT2D eigenvalue weighted by atomic mass is 35.5. The van der Waals surface area contributed by atoms with Crippen LogP contribution in [0.5, 0.6) is 0 Å². The van der Waals surface area contributed by atoms with E-state index in [9.17, 15) is 5.26 Å². The molecule has 0 aliphatic rings. The average Bonchev–Trinajstić information content (AvgIpc) is 2.66. The lowest BCUT2D eigenvalue weighted by Crippen LogP contribution is -1.99. The molecule has 0 radical (unpaired) electrons. The van der Waals surface area contributed by atoms with Crippen molar-refractivity contribution in [1.29, 1.82) is 5.26 Å². The summed E-state index contributed by atoms with van der Waals surface area (Å²) in [7, 11) is 0. The molecule has 0 fully saturated rings. The summed E-state index contributed by atoms with van der Waals surface area (Å²) in [5.41, 5.74) is 2.12. The summed E-state index contributed by atoms with van der Waals surface area (Å²) in [5, 5.41) is 14.0. The highest BCUT2D eigenvalue weighted by Gasteiger charge is 2.17. The molecule has 18 heavy (non-hydrogen) atoms. The van der Waals surface area contributed by atoms with Crippen molar-refractivity contribution in [3.63, 3.8) is 0 Å². The Morgan fingerprint density at radius 2 is 2.00 bits per heavy atom. The molecule has 92 valence electrons. The number of nitrogens with zero attached hydrogens (tertiary/aromatic N) is 3. The summed E-state index contributed by atoms with van der Waals surface area (Å²) >= 11 is 6.23. The molecule has 0 aliphatic heterocycles. The first kappa shape index (κ1) is 12.7. The normalized spacial score (nSPS) is 10.6. The van der Waals surface area contributed by atoms with E-state index >= 15 is 0 Å². The molecule has 3 nitrogen and oxygen atoms in total. The molecule has 0 saturated heterocycles. The number of para-hydroxylation sites is 1. The Kier molecular flexibility index (Phi) is 3.69. The fourth-order valence-electron chi connectivity index (χ4n) is 1.82.